The second kappa shape index (κ2) is 14.1. The number of rotatable bonds is 13. The summed E-state index contributed by atoms with van der Waals surface area (Å²) < 4.78 is 94.8. The minimum absolute atomic E-state index is 0.0109. The van der Waals surface area contributed by atoms with Crippen LogP contribution < -0.4 is 10.1 Å². The van der Waals surface area contributed by atoms with E-state index in [-0.39, 0.29) is 29.5 Å². The standard InChI is InChI=1S/C34H39F6NO4S/c1-7-30(3,4)23-15-18-26(25(21-23)31(5,6)8-2)44-19-9-12-28(42)41-24-16-13-22(14-17-24)32(33(35,36)37,34(38,39)40)45-29(43)27-11-10-20-46-27/h10-11,13-18,20-21H,7-9,12,19H2,1-6H3,(H,41,42). The van der Waals surface area contributed by atoms with E-state index in [9.17, 15) is 35.9 Å². The summed E-state index contributed by atoms with van der Waals surface area (Å²) in [5.41, 5.74) is -4.21. The third kappa shape index (κ3) is 8.05. The molecule has 0 aliphatic heterocycles. The summed E-state index contributed by atoms with van der Waals surface area (Å²) in [6.07, 6.45) is -9.94. The number of alkyl halides is 6. The number of hydrogen-bond acceptors (Lipinski definition) is 5. The predicted octanol–water partition coefficient (Wildman–Crippen LogP) is 10.1. The molecule has 46 heavy (non-hydrogen) atoms. The highest BCUT2D eigenvalue weighted by molar-refractivity contribution is 7.11. The molecule has 252 valence electrons. The van der Waals surface area contributed by atoms with Gasteiger partial charge in [0.15, 0.2) is 0 Å². The number of amides is 1. The molecule has 3 aromatic rings. The number of hydrogen-bond donors (Lipinski definition) is 1. The van der Waals surface area contributed by atoms with Crippen LogP contribution in [0.25, 0.3) is 0 Å². The van der Waals surface area contributed by atoms with E-state index in [4.69, 9.17) is 4.74 Å². The lowest BCUT2D eigenvalue weighted by atomic mass is 9.76. The molecule has 5 nitrogen and oxygen atoms in total. The van der Waals surface area contributed by atoms with Crippen LogP contribution in [0.1, 0.15) is 93.6 Å². The van der Waals surface area contributed by atoms with Crippen LogP contribution >= 0.6 is 11.3 Å². The van der Waals surface area contributed by atoms with Crippen molar-refractivity contribution in [1.82, 2.24) is 0 Å². The van der Waals surface area contributed by atoms with Crippen molar-refractivity contribution in [3.05, 3.63) is 81.5 Å². The lowest BCUT2D eigenvalue weighted by Crippen LogP contribution is -2.56. The van der Waals surface area contributed by atoms with Crippen molar-refractivity contribution in [2.45, 2.75) is 96.0 Å². The van der Waals surface area contributed by atoms with Crippen molar-refractivity contribution in [2.75, 3.05) is 11.9 Å². The third-order valence-electron chi connectivity index (χ3n) is 8.41. The van der Waals surface area contributed by atoms with Gasteiger partial charge in [0.25, 0.3) is 0 Å². The fraction of sp³-hybridized carbons (Fsp3) is 0.471. The van der Waals surface area contributed by atoms with E-state index >= 15 is 0 Å². The smallest absolute Gasteiger partial charge is 0.442 e. The van der Waals surface area contributed by atoms with Gasteiger partial charge in [0.1, 0.15) is 10.6 Å². The first-order valence-electron chi connectivity index (χ1n) is 14.9. The molecular weight excluding hydrogens is 632 g/mol. The number of thiophene rings is 1. The highest BCUT2D eigenvalue weighted by Gasteiger charge is 2.75. The Labute approximate surface area is 269 Å². The van der Waals surface area contributed by atoms with Gasteiger partial charge in [-0.1, -0.05) is 71.9 Å². The molecule has 0 aliphatic rings. The van der Waals surface area contributed by atoms with E-state index in [1.54, 1.807) is 0 Å². The molecule has 0 atom stereocenters. The molecule has 0 unspecified atom stereocenters. The Kier molecular flexibility index (Phi) is 11.3. The maximum absolute atomic E-state index is 14.1. The Morgan fingerprint density at radius 2 is 1.39 bits per heavy atom. The van der Waals surface area contributed by atoms with Crippen LogP contribution in [0.5, 0.6) is 5.75 Å². The van der Waals surface area contributed by atoms with E-state index in [0.717, 1.165) is 42.4 Å². The fourth-order valence-electron chi connectivity index (χ4n) is 4.67. The first kappa shape index (κ1) is 36.9. The number of esters is 1. The molecule has 12 heteroatoms. The summed E-state index contributed by atoms with van der Waals surface area (Å²) in [7, 11) is 0. The van der Waals surface area contributed by atoms with Gasteiger partial charge in [-0.15, -0.1) is 11.3 Å². The molecule has 1 N–H and O–H groups in total. The lowest BCUT2D eigenvalue weighted by Gasteiger charge is -2.36. The normalized spacial score (nSPS) is 13.0. The summed E-state index contributed by atoms with van der Waals surface area (Å²) in [4.78, 5) is 24.4. The van der Waals surface area contributed by atoms with Crippen LogP contribution in [-0.4, -0.2) is 30.8 Å². The molecule has 0 bridgehead atoms. The predicted molar refractivity (Wildman–Crippen MR) is 166 cm³/mol. The van der Waals surface area contributed by atoms with Gasteiger partial charge in [0.2, 0.25) is 5.91 Å². The average Bonchev–Trinajstić information content (AvgIpc) is 3.52. The molecule has 0 saturated carbocycles. The van der Waals surface area contributed by atoms with Crippen molar-refractivity contribution < 1.29 is 45.4 Å². The Morgan fingerprint density at radius 1 is 0.804 bits per heavy atom. The van der Waals surface area contributed by atoms with Crippen molar-refractivity contribution in [3.63, 3.8) is 0 Å². The van der Waals surface area contributed by atoms with Gasteiger partial charge in [0, 0.05) is 23.2 Å². The highest BCUT2D eigenvalue weighted by atomic mass is 32.1. The van der Waals surface area contributed by atoms with Crippen LogP contribution in [0.4, 0.5) is 32.0 Å². The van der Waals surface area contributed by atoms with Crippen LogP contribution in [0, 0.1) is 0 Å². The number of anilines is 1. The second-order valence-electron chi connectivity index (χ2n) is 12.3. The number of carbonyl (C=O) groups excluding carboxylic acids is 2. The zero-order valence-electron chi connectivity index (χ0n) is 26.6. The first-order chi connectivity index (χ1) is 21.3. The molecule has 2 aromatic carbocycles. The Hall–Kier alpha value is -3.54. The number of ether oxygens (including phenoxy) is 2. The van der Waals surface area contributed by atoms with Gasteiger partial charge < -0.3 is 14.8 Å². The first-order valence-corrected chi connectivity index (χ1v) is 15.8. The summed E-state index contributed by atoms with van der Waals surface area (Å²) in [6.45, 7) is 13.1. The largest absolute Gasteiger partial charge is 0.493 e. The number of benzene rings is 2. The zero-order chi connectivity index (χ0) is 34.6. The number of halogens is 6. The second-order valence-corrected chi connectivity index (χ2v) is 13.3. The van der Waals surface area contributed by atoms with Crippen molar-refractivity contribution in [1.29, 1.82) is 0 Å². The maximum Gasteiger partial charge on any atom is 0.442 e. The van der Waals surface area contributed by atoms with Gasteiger partial charge in [-0.2, -0.15) is 26.3 Å². The molecule has 1 heterocycles. The molecule has 3 rings (SSSR count). The summed E-state index contributed by atoms with van der Waals surface area (Å²) in [5.74, 6) is -1.56. The number of carbonyl (C=O) groups is 2. The molecular formula is C34H39F6NO4S. The maximum atomic E-state index is 14.1. The molecule has 0 radical (unpaired) electrons. The van der Waals surface area contributed by atoms with Crippen LogP contribution in [0.15, 0.2) is 60.0 Å². The van der Waals surface area contributed by atoms with Gasteiger partial charge in [-0.25, -0.2) is 4.79 Å². The monoisotopic (exact) mass is 671 g/mol. The van der Waals surface area contributed by atoms with Gasteiger partial charge in [-0.3, -0.25) is 4.79 Å². The summed E-state index contributed by atoms with van der Waals surface area (Å²) in [6, 6.07) is 11.4. The minimum Gasteiger partial charge on any atom is -0.493 e. The third-order valence-corrected chi connectivity index (χ3v) is 9.26. The molecule has 0 aliphatic carbocycles. The van der Waals surface area contributed by atoms with Crippen molar-refractivity contribution in [3.8, 4) is 5.75 Å². The molecule has 0 saturated heterocycles. The van der Waals surface area contributed by atoms with Crippen LogP contribution in [-0.2, 0) is 26.0 Å². The van der Waals surface area contributed by atoms with E-state index < -0.39 is 40.3 Å². The topological polar surface area (TPSA) is 64.6 Å². The number of nitrogens with one attached hydrogen (secondary N) is 1. The Balaban J connectivity index is 1.70. The molecule has 1 aromatic heterocycles. The zero-order valence-corrected chi connectivity index (χ0v) is 27.4. The van der Waals surface area contributed by atoms with E-state index in [0.29, 0.717) is 29.9 Å². The Bertz CT molecular complexity index is 1460. The Morgan fingerprint density at radius 3 is 1.91 bits per heavy atom. The van der Waals surface area contributed by atoms with Crippen molar-refractivity contribution in [2.24, 2.45) is 0 Å². The quantitative estimate of drug-likeness (QED) is 0.112. The summed E-state index contributed by atoms with van der Waals surface area (Å²) >= 11 is 0.643. The van der Waals surface area contributed by atoms with Gasteiger partial charge in [0.05, 0.1) is 6.61 Å². The van der Waals surface area contributed by atoms with Gasteiger partial charge >= 0.3 is 23.9 Å². The van der Waals surface area contributed by atoms with E-state index in [1.165, 1.54) is 17.0 Å². The van der Waals surface area contributed by atoms with Crippen molar-refractivity contribution >= 4 is 28.9 Å². The molecule has 1 amide bonds. The highest BCUT2D eigenvalue weighted by Crippen LogP contribution is 2.53. The van der Waals surface area contributed by atoms with E-state index in [2.05, 4.69) is 57.7 Å². The SMILES string of the molecule is CCC(C)(C)c1ccc(OCCCC(=O)Nc2ccc(C(OC(=O)c3cccs3)(C(F)(F)F)C(F)(F)F)cc2)c(C(C)(C)CC)c1. The van der Waals surface area contributed by atoms with Crippen LogP contribution in [0.3, 0.4) is 0 Å². The molecule has 0 spiro atoms. The fourth-order valence-corrected chi connectivity index (χ4v) is 5.27. The summed E-state index contributed by atoms with van der Waals surface area (Å²) in [5, 5.41) is 3.79. The lowest BCUT2D eigenvalue weighted by molar-refractivity contribution is -0.373. The van der Waals surface area contributed by atoms with Crippen LogP contribution in [0.2, 0.25) is 0 Å². The van der Waals surface area contributed by atoms with Gasteiger partial charge in [-0.05, 0) is 65.3 Å². The molecule has 0 fully saturated rings. The minimum atomic E-state index is -6.04. The van der Waals surface area contributed by atoms with E-state index in [1.807, 2.05) is 12.1 Å². The average molecular weight is 672 g/mol.